The molecule has 1 amide bonds. The van der Waals surface area contributed by atoms with Crippen LogP contribution in [0, 0.1) is 12.7 Å². The van der Waals surface area contributed by atoms with Crippen LogP contribution in [0.2, 0.25) is 0 Å². The molecule has 0 saturated heterocycles. The Morgan fingerprint density at radius 2 is 1.80 bits per heavy atom. The first kappa shape index (κ1) is 26.9. The van der Waals surface area contributed by atoms with Gasteiger partial charge in [-0.3, -0.25) is 4.79 Å². The number of esters is 1. The van der Waals surface area contributed by atoms with Crippen molar-refractivity contribution in [3.8, 4) is 11.4 Å². The lowest BCUT2D eigenvalue weighted by molar-refractivity contribution is 0.0524. The maximum Gasteiger partial charge on any atom is 0.408 e. The van der Waals surface area contributed by atoms with Crippen molar-refractivity contribution < 1.29 is 28.2 Å². The number of amides is 1. The Labute approximate surface area is 230 Å². The summed E-state index contributed by atoms with van der Waals surface area (Å²) in [5.41, 5.74) is 1.09. The van der Waals surface area contributed by atoms with Crippen LogP contribution in [0.25, 0.3) is 16.6 Å². The molecule has 1 aliphatic rings. The summed E-state index contributed by atoms with van der Waals surface area (Å²) in [6.07, 6.45) is 1.76. The summed E-state index contributed by atoms with van der Waals surface area (Å²) >= 11 is 0. The highest BCUT2D eigenvalue weighted by atomic mass is 19.1. The molecule has 1 aromatic heterocycles. The highest BCUT2D eigenvalue weighted by Gasteiger charge is 2.48. The van der Waals surface area contributed by atoms with Gasteiger partial charge in [-0.25, -0.2) is 14.0 Å². The third-order valence-electron chi connectivity index (χ3n) is 7.07. The minimum atomic E-state index is -0.971. The number of aromatic nitrogens is 1. The number of hydrogen-bond donors (Lipinski definition) is 1. The van der Waals surface area contributed by atoms with Crippen molar-refractivity contribution in [3.05, 3.63) is 105 Å². The molecule has 0 aliphatic heterocycles. The lowest BCUT2D eigenvalue weighted by atomic mass is 10.00. The van der Waals surface area contributed by atoms with Crippen molar-refractivity contribution in [1.82, 2.24) is 9.88 Å². The number of carbonyl (C=O) groups is 2. The molecular formula is C31H29FN2O6. The first-order valence-corrected chi connectivity index (χ1v) is 13.0. The summed E-state index contributed by atoms with van der Waals surface area (Å²) in [5, 5.41) is 2.84. The molecule has 0 atom stereocenters. The summed E-state index contributed by atoms with van der Waals surface area (Å²) in [6, 6.07) is 17.3. The molecule has 5 rings (SSSR count). The van der Waals surface area contributed by atoms with E-state index >= 15 is 4.39 Å². The monoisotopic (exact) mass is 544 g/mol. The van der Waals surface area contributed by atoms with Crippen LogP contribution in [0.3, 0.4) is 0 Å². The number of methoxy groups -OCH3 is 1. The Morgan fingerprint density at radius 3 is 2.45 bits per heavy atom. The number of ether oxygens (including phenoxy) is 3. The molecule has 1 N–H and O–H groups in total. The number of rotatable bonds is 8. The largest absolute Gasteiger partial charge is 0.497 e. The number of fused-ring (bicyclic) bond motifs is 1. The molecule has 40 heavy (non-hydrogen) atoms. The van der Waals surface area contributed by atoms with E-state index in [4.69, 9.17) is 14.2 Å². The van der Waals surface area contributed by atoms with Crippen molar-refractivity contribution in [2.75, 3.05) is 13.7 Å². The number of hydrogen-bond acceptors (Lipinski definition) is 6. The molecule has 0 spiro atoms. The molecule has 8 nitrogen and oxygen atoms in total. The highest BCUT2D eigenvalue weighted by molar-refractivity contribution is 5.94. The first-order valence-electron chi connectivity index (χ1n) is 13.0. The molecule has 4 aromatic rings. The van der Waals surface area contributed by atoms with E-state index in [1.165, 1.54) is 6.20 Å². The van der Waals surface area contributed by atoms with Crippen LogP contribution >= 0.6 is 0 Å². The van der Waals surface area contributed by atoms with Crippen molar-refractivity contribution >= 4 is 23.0 Å². The van der Waals surface area contributed by atoms with E-state index in [1.807, 2.05) is 43.3 Å². The molecule has 9 heteroatoms. The molecule has 1 fully saturated rings. The fraction of sp³-hybridized carbons (Fsp3) is 0.258. The number of aryl methyl sites for hydroxylation is 1. The summed E-state index contributed by atoms with van der Waals surface area (Å²) in [5.74, 6) is -0.816. The quantitative estimate of drug-likeness (QED) is 0.293. The molecule has 1 saturated carbocycles. The number of nitrogens with zero attached hydrogens (tertiary/aromatic N) is 1. The molecule has 3 aromatic carbocycles. The van der Waals surface area contributed by atoms with Gasteiger partial charge in [0.05, 0.1) is 24.8 Å². The van der Waals surface area contributed by atoms with Gasteiger partial charge in [-0.2, -0.15) is 0 Å². The van der Waals surface area contributed by atoms with Crippen molar-refractivity contribution in [2.45, 2.75) is 38.8 Å². The molecule has 1 heterocycles. The molecule has 206 valence electrons. The van der Waals surface area contributed by atoms with Crippen molar-refractivity contribution in [3.63, 3.8) is 0 Å². The van der Waals surface area contributed by atoms with E-state index in [9.17, 15) is 14.4 Å². The van der Waals surface area contributed by atoms with E-state index in [2.05, 4.69) is 5.32 Å². The number of alkyl carbamates (subject to hydrolysis) is 1. The van der Waals surface area contributed by atoms with Crippen LogP contribution in [-0.4, -0.2) is 30.3 Å². The van der Waals surface area contributed by atoms with Crippen LogP contribution in [-0.2, 0) is 21.6 Å². The van der Waals surface area contributed by atoms with Gasteiger partial charge in [-0.15, -0.1) is 0 Å². The Morgan fingerprint density at radius 1 is 1.05 bits per heavy atom. The van der Waals surface area contributed by atoms with Crippen molar-refractivity contribution in [1.29, 1.82) is 0 Å². The highest BCUT2D eigenvalue weighted by Crippen LogP contribution is 2.47. The Hall–Kier alpha value is -4.66. The van der Waals surface area contributed by atoms with Gasteiger partial charge in [0.1, 0.15) is 23.7 Å². The fourth-order valence-electron chi connectivity index (χ4n) is 4.83. The average Bonchev–Trinajstić information content (AvgIpc) is 3.73. The number of pyridine rings is 1. The van der Waals surface area contributed by atoms with Crippen LogP contribution in [0.5, 0.6) is 5.75 Å². The maximum absolute atomic E-state index is 15.7. The standard InChI is InChI=1S/C31H29FN2O6/c1-4-39-29(36)23-17-34(26-11-10-21(38-3)14-19(26)2)27-16-24(25(32)15-22(27)28(23)35)31(12-13-31)33-30(37)40-18-20-8-6-5-7-9-20/h5-11,14-17H,4,12-13,18H2,1-3H3,(H,33,37). The zero-order valence-corrected chi connectivity index (χ0v) is 22.5. The second-order valence-electron chi connectivity index (χ2n) is 9.73. The maximum atomic E-state index is 15.7. The molecule has 1 aliphatic carbocycles. The van der Waals surface area contributed by atoms with E-state index in [1.54, 1.807) is 36.8 Å². The second kappa shape index (κ2) is 10.8. The SMILES string of the molecule is CCOC(=O)c1cn(-c2ccc(OC)cc2C)c2cc(C3(NC(=O)OCc4ccccc4)CC3)c(F)cc2c1=O. The minimum Gasteiger partial charge on any atom is -0.497 e. The van der Waals surface area contributed by atoms with E-state index < -0.39 is 28.8 Å². The van der Waals surface area contributed by atoms with Crippen LogP contribution in [0.15, 0.2) is 71.7 Å². The lowest BCUT2D eigenvalue weighted by Gasteiger charge is -2.21. The van der Waals surface area contributed by atoms with Gasteiger partial charge in [0.2, 0.25) is 5.43 Å². The number of carbonyl (C=O) groups excluding carboxylic acids is 2. The van der Waals surface area contributed by atoms with Gasteiger partial charge < -0.3 is 24.1 Å². The van der Waals surface area contributed by atoms with Gasteiger partial charge in [0.25, 0.3) is 0 Å². The zero-order valence-electron chi connectivity index (χ0n) is 22.5. The average molecular weight is 545 g/mol. The van der Waals surface area contributed by atoms with Crippen LogP contribution in [0.4, 0.5) is 9.18 Å². The lowest BCUT2D eigenvalue weighted by Crippen LogP contribution is -2.36. The van der Waals surface area contributed by atoms with Crippen molar-refractivity contribution in [2.24, 2.45) is 0 Å². The normalized spacial score (nSPS) is 13.5. The summed E-state index contributed by atoms with van der Waals surface area (Å²) in [6.45, 7) is 3.67. The predicted molar refractivity (Wildman–Crippen MR) is 147 cm³/mol. The van der Waals surface area contributed by atoms with Gasteiger partial charge in [-0.05, 0) is 68.1 Å². The number of nitrogens with one attached hydrogen (secondary N) is 1. The Bertz CT molecular complexity index is 1660. The second-order valence-corrected chi connectivity index (χ2v) is 9.73. The number of benzene rings is 3. The van der Waals surface area contributed by atoms with Gasteiger partial charge >= 0.3 is 12.1 Å². The van der Waals surface area contributed by atoms with Crippen LogP contribution < -0.4 is 15.5 Å². The van der Waals surface area contributed by atoms with E-state index in [-0.39, 0.29) is 29.7 Å². The Balaban J connectivity index is 1.59. The summed E-state index contributed by atoms with van der Waals surface area (Å²) < 4.78 is 33.1. The Kier molecular flexibility index (Phi) is 7.30. The zero-order chi connectivity index (χ0) is 28.4. The summed E-state index contributed by atoms with van der Waals surface area (Å²) in [4.78, 5) is 38.7. The van der Waals surface area contributed by atoms with Gasteiger partial charge in [-0.1, -0.05) is 30.3 Å². The first-order chi connectivity index (χ1) is 19.3. The molecular weight excluding hydrogens is 515 g/mol. The number of halogens is 1. The fourth-order valence-corrected chi connectivity index (χ4v) is 4.83. The van der Waals surface area contributed by atoms with Gasteiger partial charge in [0, 0.05) is 22.8 Å². The minimum absolute atomic E-state index is 0.0180. The third-order valence-corrected chi connectivity index (χ3v) is 7.07. The van der Waals surface area contributed by atoms with E-state index in [0.717, 1.165) is 17.2 Å². The molecule has 0 radical (unpaired) electrons. The van der Waals surface area contributed by atoms with E-state index in [0.29, 0.717) is 29.8 Å². The molecule has 0 unspecified atom stereocenters. The predicted octanol–water partition coefficient (Wildman–Crippen LogP) is 5.54. The van der Waals surface area contributed by atoms with Gasteiger partial charge in [0.15, 0.2) is 0 Å². The molecule has 0 bridgehead atoms. The van der Waals surface area contributed by atoms with Crippen LogP contribution in [0.1, 0.15) is 46.8 Å². The summed E-state index contributed by atoms with van der Waals surface area (Å²) in [7, 11) is 1.56. The smallest absolute Gasteiger partial charge is 0.408 e. The third kappa shape index (κ3) is 5.14. The topological polar surface area (TPSA) is 95.9 Å².